The first-order chi connectivity index (χ1) is 5.76. The van der Waals surface area contributed by atoms with Crippen molar-refractivity contribution in [3.63, 3.8) is 0 Å². The summed E-state index contributed by atoms with van der Waals surface area (Å²) >= 11 is 1.41. The Bertz CT molecular complexity index is 238. The highest BCUT2D eigenvalue weighted by molar-refractivity contribution is 7.13. The summed E-state index contributed by atoms with van der Waals surface area (Å²) < 4.78 is 5.44. The first kappa shape index (κ1) is 9.41. The van der Waals surface area contributed by atoms with E-state index in [1.165, 1.54) is 11.3 Å². The Morgan fingerprint density at radius 2 is 2.33 bits per heavy atom. The van der Waals surface area contributed by atoms with Crippen molar-refractivity contribution in [2.75, 3.05) is 0 Å². The van der Waals surface area contributed by atoms with Crippen LogP contribution in [-0.2, 0) is 6.54 Å². The minimum absolute atomic E-state index is 0.198. The molecule has 1 rings (SSSR count). The molecule has 0 fully saturated rings. The Morgan fingerprint density at radius 3 is 2.83 bits per heavy atom. The second-order valence-electron chi connectivity index (χ2n) is 2.50. The maximum atomic E-state index is 5.44. The number of nitrogens with zero attached hydrogens (tertiary/aromatic N) is 2. The van der Waals surface area contributed by atoms with E-state index in [-0.39, 0.29) is 6.10 Å². The zero-order valence-corrected chi connectivity index (χ0v) is 8.10. The minimum Gasteiger partial charge on any atom is -0.466 e. The predicted octanol–water partition coefficient (Wildman–Crippen LogP) is 1.17. The van der Waals surface area contributed by atoms with Gasteiger partial charge in [-0.3, -0.25) is 0 Å². The van der Waals surface area contributed by atoms with Gasteiger partial charge in [0.1, 0.15) is 5.01 Å². The van der Waals surface area contributed by atoms with Crippen molar-refractivity contribution in [2.24, 2.45) is 5.73 Å². The first-order valence-corrected chi connectivity index (χ1v) is 4.77. The van der Waals surface area contributed by atoms with Gasteiger partial charge < -0.3 is 10.5 Å². The summed E-state index contributed by atoms with van der Waals surface area (Å²) in [5.41, 5.74) is 5.38. The summed E-state index contributed by atoms with van der Waals surface area (Å²) in [4.78, 5) is 0. The smallest absolute Gasteiger partial charge is 0.294 e. The number of aromatic nitrogens is 2. The fourth-order valence-electron chi connectivity index (χ4n) is 0.624. The highest BCUT2D eigenvalue weighted by Crippen LogP contribution is 2.18. The SMILES string of the molecule is CCC(C)Oc1nnc(CN)s1. The van der Waals surface area contributed by atoms with E-state index in [0.717, 1.165) is 11.4 Å². The zero-order chi connectivity index (χ0) is 8.97. The number of rotatable bonds is 4. The highest BCUT2D eigenvalue weighted by atomic mass is 32.1. The molecular weight excluding hydrogens is 174 g/mol. The zero-order valence-electron chi connectivity index (χ0n) is 7.28. The quantitative estimate of drug-likeness (QED) is 0.768. The van der Waals surface area contributed by atoms with E-state index >= 15 is 0 Å². The van der Waals surface area contributed by atoms with Gasteiger partial charge in [-0.2, -0.15) is 0 Å². The van der Waals surface area contributed by atoms with Gasteiger partial charge in [0.15, 0.2) is 0 Å². The Balaban J connectivity index is 2.52. The van der Waals surface area contributed by atoms with Crippen LogP contribution in [0.1, 0.15) is 25.3 Å². The lowest BCUT2D eigenvalue weighted by Gasteiger charge is -2.07. The Kier molecular flexibility index (Phi) is 3.43. The summed E-state index contributed by atoms with van der Waals surface area (Å²) in [6.45, 7) is 4.50. The molecule has 1 aromatic rings. The van der Waals surface area contributed by atoms with Crippen LogP contribution in [0, 0.1) is 0 Å². The molecule has 0 saturated heterocycles. The van der Waals surface area contributed by atoms with E-state index in [0.29, 0.717) is 11.7 Å². The van der Waals surface area contributed by atoms with Gasteiger partial charge in [0, 0.05) is 6.54 Å². The van der Waals surface area contributed by atoms with E-state index in [4.69, 9.17) is 10.5 Å². The van der Waals surface area contributed by atoms with Gasteiger partial charge in [0.05, 0.1) is 6.10 Å². The lowest BCUT2D eigenvalue weighted by atomic mass is 10.3. The molecule has 0 aromatic carbocycles. The average Bonchev–Trinajstić information content (AvgIpc) is 2.52. The lowest BCUT2D eigenvalue weighted by molar-refractivity contribution is 0.215. The van der Waals surface area contributed by atoms with Crippen molar-refractivity contribution in [2.45, 2.75) is 32.9 Å². The third-order valence-corrected chi connectivity index (χ3v) is 2.34. The molecule has 68 valence electrons. The Hall–Kier alpha value is -0.680. The molecule has 2 N–H and O–H groups in total. The van der Waals surface area contributed by atoms with Crippen molar-refractivity contribution in [3.8, 4) is 5.19 Å². The number of hydrogen-bond donors (Lipinski definition) is 1. The molecule has 0 aliphatic carbocycles. The van der Waals surface area contributed by atoms with Crippen LogP contribution < -0.4 is 10.5 Å². The number of hydrogen-bond acceptors (Lipinski definition) is 5. The molecule has 1 atom stereocenters. The summed E-state index contributed by atoms with van der Waals surface area (Å²) in [6, 6.07) is 0. The molecule has 1 unspecified atom stereocenters. The Morgan fingerprint density at radius 1 is 1.58 bits per heavy atom. The van der Waals surface area contributed by atoms with E-state index < -0.39 is 0 Å². The van der Waals surface area contributed by atoms with Gasteiger partial charge in [-0.25, -0.2) is 0 Å². The molecule has 1 heterocycles. The molecule has 1 aromatic heterocycles. The van der Waals surface area contributed by atoms with Crippen molar-refractivity contribution in [1.82, 2.24) is 10.2 Å². The monoisotopic (exact) mass is 187 g/mol. The molecule has 0 aliphatic rings. The fraction of sp³-hybridized carbons (Fsp3) is 0.714. The molecule has 0 aliphatic heterocycles. The van der Waals surface area contributed by atoms with Gasteiger partial charge >= 0.3 is 0 Å². The standard InChI is InChI=1S/C7H13N3OS/c1-3-5(2)11-7-10-9-6(4-8)12-7/h5H,3-4,8H2,1-2H3. The average molecular weight is 187 g/mol. The maximum absolute atomic E-state index is 5.44. The van der Waals surface area contributed by atoms with Gasteiger partial charge in [-0.1, -0.05) is 23.4 Å². The fourth-order valence-corrected chi connectivity index (χ4v) is 1.28. The van der Waals surface area contributed by atoms with Crippen molar-refractivity contribution < 1.29 is 4.74 Å². The maximum Gasteiger partial charge on any atom is 0.294 e. The molecule has 0 radical (unpaired) electrons. The third kappa shape index (κ3) is 2.42. The summed E-state index contributed by atoms with van der Waals surface area (Å²) in [7, 11) is 0. The topological polar surface area (TPSA) is 61.0 Å². The van der Waals surface area contributed by atoms with Crippen LogP contribution >= 0.6 is 11.3 Å². The largest absolute Gasteiger partial charge is 0.466 e. The van der Waals surface area contributed by atoms with Crippen molar-refractivity contribution in [3.05, 3.63) is 5.01 Å². The molecule has 12 heavy (non-hydrogen) atoms. The van der Waals surface area contributed by atoms with Gasteiger partial charge in [-0.15, -0.1) is 5.10 Å². The van der Waals surface area contributed by atoms with Crippen LogP contribution in [-0.4, -0.2) is 16.3 Å². The summed E-state index contributed by atoms with van der Waals surface area (Å²) in [5, 5.41) is 9.11. The van der Waals surface area contributed by atoms with Crippen LogP contribution in [0.2, 0.25) is 0 Å². The van der Waals surface area contributed by atoms with E-state index in [2.05, 4.69) is 17.1 Å². The lowest BCUT2D eigenvalue weighted by Crippen LogP contribution is -2.09. The van der Waals surface area contributed by atoms with Crippen LogP contribution in [0.15, 0.2) is 0 Å². The molecule has 0 spiro atoms. The minimum atomic E-state index is 0.198. The summed E-state index contributed by atoms with van der Waals surface area (Å²) in [6.07, 6.45) is 1.17. The Labute approximate surface area is 75.8 Å². The molecular formula is C7H13N3OS. The predicted molar refractivity (Wildman–Crippen MR) is 48.2 cm³/mol. The van der Waals surface area contributed by atoms with Crippen LogP contribution in [0.25, 0.3) is 0 Å². The second kappa shape index (κ2) is 4.37. The normalized spacial score (nSPS) is 12.9. The van der Waals surface area contributed by atoms with Crippen molar-refractivity contribution >= 4 is 11.3 Å². The van der Waals surface area contributed by atoms with Crippen molar-refractivity contribution in [1.29, 1.82) is 0 Å². The molecule has 0 amide bonds. The van der Waals surface area contributed by atoms with Crippen LogP contribution in [0.5, 0.6) is 5.19 Å². The second-order valence-corrected chi connectivity index (χ2v) is 3.53. The first-order valence-electron chi connectivity index (χ1n) is 3.95. The number of nitrogens with two attached hydrogens (primary N) is 1. The van der Waals surface area contributed by atoms with Crippen LogP contribution in [0.4, 0.5) is 0 Å². The third-order valence-electron chi connectivity index (χ3n) is 1.50. The number of ether oxygens (including phenoxy) is 1. The summed E-state index contributed by atoms with van der Waals surface area (Å²) in [5.74, 6) is 0. The molecule has 0 bridgehead atoms. The van der Waals surface area contributed by atoms with Gasteiger partial charge in [0.2, 0.25) is 0 Å². The highest BCUT2D eigenvalue weighted by Gasteiger charge is 2.06. The van der Waals surface area contributed by atoms with Crippen LogP contribution in [0.3, 0.4) is 0 Å². The molecule has 4 nitrogen and oxygen atoms in total. The van der Waals surface area contributed by atoms with E-state index in [1.807, 2.05) is 6.92 Å². The van der Waals surface area contributed by atoms with E-state index in [9.17, 15) is 0 Å². The van der Waals surface area contributed by atoms with E-state index in [1.54, 1.807) is 0 Å². The van der Waals surface area contributed by atoms with Gasteiger partial charge in [-0.05, 0) is 13.3 Å². The molecule has 5 heteroatoms. The molecule has 0 saturated carbocycles. The van der Waals surface area contributed by atoms with Gasteiger partial charge in [0.25, 0.3) is 5.19 Å².